The lowest BCUT2D eigenvalue weighted by atomic mass is 10.1. The van der Waals surface area contributed by atoms with Gasteiger partial charge < -0.3 is 15.8 Å². The summed E-state index contributed by atoms with van der Waals surface area (Å²) in [6.45, 7) is 5.52. The molecular formula is C18H20N2O4S2. The highest BCUT2D eigenvalue weighted by atomic mass is 32.2. The molecule has 1 aromatic carbocycles. The molecule has 1 heterocycles. The van der Waals surface area contributed by atoms with Crippen molar-refractivity contribution >= 4 is 45.9 Å². The van der Waals surface area contributed by atoms with Gasteiger partial charge in [-0.15, -0.1) is 23.1 Å². The maximum atomic E-state index is 12.7. The second-order valence-electron chi connectivity index (χ2n) is 5.23. The van der Waals surface area contributed by atoms with E-state index in [-0.39, 0.29) is 28.0 Å². The molecule has 1 aromatic heterocycles. The van der Waals surface area contributed by atoms with Crippen LogP contribution in [0.15, 0.2) is 29.2 Å². The van der Waals surface area contributed by atoms with Crippen LogP contribution in [0.1, 0.15) is 49.8 Å². The van der Waals surface area contributed by atoms with Crippen molar-refractivity contribution in [1.29, 1.82) is 0 Å². The van der Waals surface area contributed by atoms with Gasteiger partial charge in [0.25, 0.3) is 11.8 Å². The predicted molar refractivity (Wildman–Crippen MR) is 104 cm³/mol. The van der Waals surface area contributed by atoms with E-state index in [1.807, 2.05) is 19.1 Å². The van der Waals surface area contributed by atoms with E-state index in [1.165, 1.54) is 0 Å². The van der Waals surface area contributed by atoms with Crippen molar-refractivity contribution in [2.75, 3.05) is 17.7 Å². The number of benzene rings is 1. The molecule has 26 heavy (non-hydrogen) atoms. The number of hydrogen-bond donors (Lipinski definition) is 2. The summed E-state index contributed by atoms with van der Waals surface area (Å²) in [4.78, 5) is 37.7. The summed E-state index contributed by atoms with van der Waals surface area (Å²) in [6, 6.07) is 7.21. The molecule has 0 spiro atoms. The zero-order chi connectivity index (χ0) is 19.3. The smallest absolute Gasteiger partial charge is 0.348 e. The van der Waals surface area contributed by atoms with Crippen LogP contribution in [-0.2, 0) is 4.74 Å². The Morgan fingerprint density at radius 1 is 1.23 bits per heavy atom. The zero-order valence-corrected chi connectivity index (χ0v) is 16.4. The number of nitrogens with two attached hydrogens (primary N) is 1. The Hall–Kier alpha value is -2.32. The number of nitrogens with one attached hydrogen (secondary N) is 1. The van der Waals surface area contributed by atoms with Gasteiger partial charge in [0.1, 0.15) is 9.88 Å². The van der Waals surface area contributed by atoms with Gasteiger partial charge in [0.15, 0.2) is 0 Å². The van der Waals surface area contributed by atoms with Gasteiger partial charge in [-0.3, -0.25) is 9.59 Å². The Balaban J connectivity index is 2.40. The number of ether oxygens (including phenoxy) is 1. The molecule has 0 atom stereocenters. The molecule has 6 nitrogen and oxygen atoms in total. The van der Waals surface area contributed by atoms with Gasteiger partial charge in [0, 0.05) is 4.90 Å². The first-order chi connectivity index (χ1) is 12.4. The molecule has 2 amide bonds. The minimum absolute atomic E-state index is 0.132. The van der Waals surface area contributed by atoms with Crippen LogP contribution in [0.5, 0.6) is 0 Å². The summed E-state index contributed by atoms with van der Waals surface area (Å²) in [6.07, 6.45) is 0. The molecule has 8 heteroatoms. The number of carbonyl (C=O) groups excluding carboxylic acids is 3. The van der Waals surface area contributed by atoms with E-state index in [2.05, 4.69) is 5.32 Å². The predicted octanol–water partition coefficient (Wildman–Crippen LogP) is 3.70. The van der Waals surface area contributed by atoms with E-state index in [0.29, 0.717) is 11.1 Å². The fourth-order valence-corrected chi connectivity index (χ4v) is 4.30. The number of hydrogen-bond acceptors (Lipinski definition) is 6. The summed E-state index contributed by atoms with van der Waals surface area (Å²) in [7, 11) is 0. The van der Waals surface area contributed by atoms with Crippen LogP contribution in [0.2, 0.25) is 0 Å². The number of anilines is 1. The number of thiophene rings is 1. The van der Waals surface area contributed by atoms with Crippen LogP contribution in [0.4, 0.5) is 5.00 Å². The SMILES string of the molecule is CCOC(=O)c1sc(NC(=O)c2ccccc2SCC)c(C(N)=O)c1C. The van der Waals surface area contributed by atoms with Crippen molar-refractivity contribution in [2.45, 2.75) is 25.7 Å². The second kappa shape index (κ2) is 8.86. The lowest BCUT2D eigenvalue weighted by Gasteiger charge is -2.09. The molecule has 0 aliphatic rings. The number of thioether (sulfide) groups is 1. The number of esters is 1. The van der Waals surface area contributed by atoms with E-state index in [1.54, 1.807) is 37.7 Å². The molecule has 0 unspecified atom stereocenters. The fraction of sp³-hybridized carbons (Fsp3) is 0.278. The monoisotopic (exact) mass is 392 g/mol. The third-order valence-electron chi connectivity index (χ3n) is 3.51. The maximum absolute atomic E-state index is 12.7. The van der Waals surface area contributed by atoms with Gasteiger partial charge in [-0.2, -0.15) is 0 Å². The van der Waals surface area contributed by atoms with Crippen LogP contribution < -0.4 is 11.1 Å². The van der Waals surface area contributed by atoms with Crippen molar-refractivity contribution in [2.24, 2.45) is 5.73 Å². The van der Waals surface area contributed by atoms with Gasteiger partial charge in [-0.1, -0.05) is 19.1 Å². The molecule has 0 aliphatic carbocycles. The molecule has 2 rings (SSSR count). The average molecular weight is 393 g/mol. The number of rotatable bonds is 7. The van der Waals surface area contributed by atoms with Gasteiger partial charge in [0.05, 0.1) is 17.7 Å². The van der Waals surface area contributed by atoms with Gasteiger partial charge in [0.2, 0.25) is 0 Å². The Labute approximate surface area is 160 Å². The van der Waals surface area contributed by atoms with Crippen LogP contribution >= 0.6 is 23.1 Å². The zero-order valence-electron chi connectivity index (χ0n) is 14.8. The van der Waals surface area contributed by atoms with E-state index < -0.39 is 11.9 Å². The first-order valence-corrected chi connectivity index (χ1v) is 9.84. The Kier molecular flexibility index (Phi) is 6.82. The van der Waals surface area contributed by atoms with Crippen molar-refractivity contribution < 1.29 is 19.1 Å². The van der Waals surface area contributed by atoms with Crippen molar-refractivity contribution in [3.63, 3.8) is 0 Å². The van der Waals surface area contributed by atoms with Crippen LogP contribution in [0.3, 0.4) is 0 Å². The summed E-state index contributed by atoms with van der Waals surface area (Å²) in [5.74, 6) is -0.788. The van der Waals surface area contributed by atoms with E-state index in [9.17, 15) is 14.4 Å². The quantitative estimate of drug-likeness (QED) is 0.553. The van der Waals surface area contributed by atoms with Crippen LogP contribution in [0.25, 0.3) is 0 Å². The Morgan fingerprint density at radius 2 is 1.92 bits per heavy atom. The molecule has 0 fully saturated rings. The highest BCUT2D eigenvalue weighted by Gasteiger charge is 2.25. The molecule has 138 valence electrons. The third-order valence-corrected chi connectivity index (χ3v) is 5.66. The molecule has 2 aromatic rings. The Morgan fingerprint density at radius 3 is 2.54 bits per heavy atom. The standard InChI is InChI=1S/C18H20N2O4S2/c1-4-24-18(23)14-10(3)13(15(19)21)17(26-14)20-16(22)11-8-6-7-9-12(11)25-5-2/h6-9H,4-5H2,1-3H3,(H2,19,21)(H,20,22). The van der Waals surface area contributed by atoms with Crippen LogP contribution in [-0.4, -0.2) is 30.1 Å². The molecule has 0 saturated carbocycles. The summed E-state index contributed by atoms with van der Waals surface area (Å²) in [5.41, 5.74) is 6.49. The van der Waals surface area contributed by atoms with Crippen molar-refractivity contribution in [3.8, 4) is 0 Å². The van der Waals surface area contributed by atoms with Crippen molar-refractivity contribution in [3.05, 3.63) is 45.8 Å². The molecule has 0 bridgehead atoms. The lowest BCUT2D eigenvalue weighted by Crippen LogP contribution is -2.18. The molecule has 3 N–H and O–H groups in total. The number of carbonyl (C=O) groups is 3. The summed E-state index contributed by atoms with van der Waals surface area (Å²) in [5, 5.41) is 2.97. The topological polar surface area (TPSA) is 98.5 Å². The first-order valence-electron chi connectivity index (χ1n) is 8.04. The average Bonchev–Trinajstić information content (AvgIpc) is 2.92. The largest absolute Gasteiger partial charge is 0.462 e. The third kappa shape index (κ3) is 4.25. The molecular weight excluding hydrogens is 372 g/mol. The van der Waals surface area contributed by atoms with E-state index >= 15 is 0 Å². The highest BCUT2D eigenvalue weighted by Crippen LogP contribution is 2.34. The second-order valence-corrected chi connectivity index (χ2v) is 7.55. The number of amides is 2. The van der Waals surface area contributed by atoms with Crippen LogP contribution in [0, 0.1) is 6.92 Å². The van der Waals surface area contributed by atoms with E-state index in [4.69, 9.17) is 10.5 Å². The minimum Gasteiger partial charge on any atom is -0.462 e. The summed E-state index contributed by atoms with van der Waals surface area (Å²) >= 11 is 2.54. The lowest BCUT2D eigenvalue weighted by molar-refractivity contribution is 0.0531. The normalized spacial score (nSPS) is 10.4. The van der Waals surface area contributed by atoms with Gasteiger partial charge in [-0.25, -0.2) is 4.79 Å². The number of primary amides is 1. The molecule has 0 radical (unpaired) electrons. The van der Waals surface area contributed by atoms with Crippen molar-refractivity contribution in [1.82, 2.24) is 0 Å². The van der Waals surface area contributed by atoms with Gasteiger partial charge in [-0.05, 0) is 37.3 Å². The molecule has 0 saturated heterocycles. The van der Waals surface area contributed by atoms with E-state index in [0.717, 1.165) is 22.0 Å². The maximum Gasteiger partial charge on any atom is 0.348 e. The van der Waals surface area contributed by atoms with Gasteiger partial charge >= 0.3 is 5.97 Å². The summed E-state index contributed by atoms with van der Waals surface area (Å²) < 4.78 is 5.00. The first kappa shape index (κ1) is 20.0. The molecule has 0 aliphatic heterocycles. The Bertz CT molecular complexity index is 846. The minimum atomic E-state index is -0.708. The highest BCUT2D eigenvalue weighted by molar-refractivity contribution is 7.99. The fourth-order valence-electron chi connectivity index (χ4n) is 2.40.